The lowest BCUT2D eigenvalue weighted by Gasteiger charge is -2.19. The van der Waals surface area contributed by atoms with Crippen molar-refractivity contribution in [3.05, 3.63) is 67.1 Å². The van der Waals surface area contributed by atoms with Gasteiger partial charge in [0.15, 0.2) is 0 Å². The lowest BCUT2D eigenvalue weighted by atomic mass is 9.99. The van der Waals surface area contributed by atoms with E-state index in [-0.39, 0.29) is 6.04 Å². The maximum absolute atomic E-state index is 6.21. The minimum Gasteiger partial charge on any atom is -0.271 e. The van der Waals surface area contributed by atoms with Crippen LogP contribution in [0.15, 0.2) is 40.9 Å². The molecule has 0 bridgehead atoms. The second kappa shape index (κ2) is 7.12. The van der Waals surface area contributed by atoms with Gasteiger partial charge in [0.2, 0.25) is 0 Å². The van der Waals surface area contributed by atoms with E-state index in [1.54, 1.807) is 6.07 Å². The van der Waals surface area contributed by atoms with Crippen LogP contribution < -0.4 is 11.3 Å². The first-order valence-electron chi connectivity index (χ1n) is 5.87. The largest absolute Gasteiger partial charge is 0.271 e. The van der Waals surface area contributed by atoms with Crippen molar-refractivity contribution < 1.29 is 0 Å². The highest BCUT2D eigenvalue weighted by Gasteiger charge is 2.16. The first-order valence-corrected chi connectivity index (χ1v) is 7.79. The Balaban J connectivity index is 2.31. The molecule has 20 heavy (non-hydrogen) atoms. The molecule has 2 aromatic carbocycles. The van der Waals surface area contributed by atoms with Crippen molar-refractivity contribution in [2.24, 2.45) is 5.84 Å². The summed E-state index contributed by atoms with van der Waals surface area (Å²) in [5.41, 5.74) is 4.74. The number of hydrogen-bond acceptors (Lipinski definition) is 2. The molecule has 0 aliphatic carbocycles. The summed E-state index contributed by atoms with van der Waals surface area (Å²) in [7, 11) is 0. The molecule has 0 spiro atoms. The molecular weight excluding hydrogens is 382 g/mol. The van der Waals surface area contributed by atoms with Gasteiger partial charge in [-0.25, -0.2) is 0 Å². The number of hydrazine groups is 1. The zero-order valence-electron chi connectivity index (χ0n) is 10.3. The molecule has 0 saturated heterocycles. The Labute approximate surface area is 141 Å². The van der Waals surface area contributed by atoms with Gasteiger partial charge in [-0.05, 0) is 35.7 Å². The summed E-state index contributed by atoms with van der Waals surface area (Å²) in [4.78, 5) is 0. The molecule has 3 N–H and O–H groups in total. The van der Waals surface area contributed by atoms with Crippen molar-refractivity contribution >= 4 is 50.7 Å². The number of nitrogens with one attached hydrogen (secondary N) is 1. The van der Waals surface area contributed by atoms with Gasteiger partial charge in [0.25, 0.3) is 0 Å². The van der Waals surface area contributed by atoms with E-state index >= 15 is 0 Å². The molecule has 0 aliphatic heterocycles. The summed E-state index contributed by atoms with van der Waals surface area (Å²) < 4.78 is 0.895. The number of nitrogens with two attached hydrogens (primary N) is 1. The number of hydrogen-bond donors (Lipinski definition) is 2. The monoisotopic (exact) mass is 392 g/mol. The second-order valence-corrected chi connectivity index (χ2v) is 6.38. The van der Waals surface area contributed by atoms with Crippen molar-refractivity contribution in [3.63, 3.8) is 0 Å². The van der Waals surface area contributed by atoms with E-state index in [2.05, 4.69) is 21.4 Å². The Hall–Kier alpha value is -0.290. The van der Waals surface area contributed by atoms with Gasteiger partial charge in [0, 0.05) is 9.50 Å². The topological polar surface area (TPSA) is 38.0 Å². The Morgan fingerprint density at radius 2 is 1.90 bits per heavy atom. The third-order valence-electron chi connectivity index (χ3n) is 2.99. The Bertz CT molecular complexity index is 619. The third-order valence-corrected chi connectivity index (χ3v) is 4.77. The van der Waals surface area contributed by atoms with Gasteiger partial charge in [-0.3, -0.25) is 11.3 Å². The molecule has 0 heterocycles. The molecular formula is C14H12BrCl3N2. The summed E-state index contributed by atoms with van der Waals surface area (Å²) in [6.45, 7) is 0. The average molecular weight is 395 g/mol. The van der Waals surface area contributed by atoms with Crippen molar-refractivity contribution in [1.82, 2.24) is 5.43 Å². The maximum atomic E-state index is 6.21. The molecule has 2 nitrogen and oxygen atoms in total. The summed E-state index contributed by atoms with van der Waals surface area (Å²) >= 11 is 21.7. The van der Waals surface area contributed by atoms with Crippen molar-refractivity contribution in [3.8, 4) is 0 Å². The van der Waals surface area contributed by atoms with Gasteiger partial charge >= 0.3 is 0 Å². The van der Waals surface area contributed by atoms with Crippen LogP contribution in [-0.4, -0.2) is 0 Å². The fourth-order valence-corrected chi connectivity index (χ4v) is 3.33. The fourth-order valence-electron chi connectivity index (χ4n) is 1.97. The van der Waals surface area contributed by atoms with Crippen LogP contribution in [0.1, 0.15) is 17.2 Å². The fraction of sp³-hybridized carbons (Fsp3) is 0.143. The van der Waals surface area contributed by atoms with E-state index in [0.29, 0.717) is 21.5 Å². The summed E-state index contributed by atoms with van der Waals surface area (Å²) in [5, 5.41) is 1.76. The second-order valence-electron chi connectivity index (χ2n) is 4.30. The van der Waals surface area contributed by atoms with Gasteiger partial charge in [0.05, 0.1) is 16.1 Å². The van der Waals surface area contributed by atoms with Crippen LogP contribution in [0, 0.1) is 0 Å². The Morgan fingerprint density at radius 3 is 2.55 bits per heavy atom. The van der Waals surface area contributed by atoms with Crippen molar-refractivity contribution in [1.29, 1.82) is 0 Å². The van der Waals surface area contributed by atoms with E-state index in [1.807, 2.05) is 30.3 Å². The molecule has 0 aliphatic rings. The lowest BCUT2D eigenvalue weighted by Crippen LogP contribution is -2.30. The molecule has 106 valence electrons. The highest BCUT2D eigenvalue weighted by atomic mass is 79.9. The lowest BCUT2D eigenvalue weighted by molar-refractivity contribution is 0.550. The van der Waals surface area contributed by atoms with Crippen LogP contribution >= 0.6 is 50.7 Å². The van der Waals surface area contributed by atoms with Gasteiger partial charge in [-0.15, -0.1) is 0 Å². The molecule has 0 radical (unpaired) electrons. The molecule has 1 atom stereocenters. The van der Waals surface area contributed by atoms with Gasteiger partial charge in [-0.1, -0.05) is 68.9 Å². The van der Waals surface area contributed by atoms with E-state index in [9.17, 15) is 0 Å². The third kappa shape index (κ3) is 3.67. The molecule has 0 amide bonds. The minimum atomic E-state index is -0.0994. The quantitative estimate of drug-likeness (QED) is 0.555. The number of halogens is 4. The van der Waals surface area contributed by atoms with Crippen LogP contribution in [-0.2, 0) is 6.42 Å². The summed E-state index contributed by atoms with van der Waals surface area (Å²) in [6.07, 6.45) is 0.621. The highest BCUT2D eigenvalue weighted by molar-refractivity contribution is 9.10. The van der Waals surface area contributed by atoms with E-state index in [0.717, 1.165) is 15.6 Å². The first-order chi connectivity index (χ1) is 9.52. The summed E-state index contributed by atoms with van der Waals surface area (Å²) in [5.74, 6) is 5.67. The molecule has 1 unspecified atom stereocenters. The van der Waals surface area contributed by atoms with Gasteiger partial charge in [0.1, 0.15) is 0 Å². The SMILES string of the molecule is NNC(Cc1cccc(Cl)c1Cl)c1ccc(Cl)cc1Br. The van der Waals surface area contributed by atoms with Gasteiger partial charge < -0.3 is 0 Å². The predicted octanol–water partition coefficient (Wildman–Crippen LogP) is 5.16. The van der Waals surface area contributed by atoms with E-state index in [1.165, 1.54) is 0 Å². The standard InChI is InChI=1S/C14H12BrCl3N2/c15-11-7-9(16)4-5-10(11)13(20-19)6-8-2-1-3-12(17)14(8)18/h1-5,7,13,20H,6,19H2. The smallest absolute Gasteiger partial charge is 0.0624 e. The zero-order chi connectivity index (χ0) is 14.7. The predicted molar refractivity (Wildman–Crippen MR) is 89.4 cm³/mol. The first kappa shape index (κ1) is 16.1. The number of rotatable bonds is 4. The van der Waals surface area contributed by atoms with Crippen LogP contribution in [0.4, 0.5) is 0 Å². The molecule has 6 heteroatoms. The van der Waals surface area contributed by atoms with E-state index in [4.69, 9.17) is 40.6 Å². The number of benzene rings is 2. The minimum absolute atomic E-state index is 0.0994. The maximum Gasteiger partial charge on any atom is 0.0624 e. The zero-order valence-corrected chi connectivity index (χ0v) is 14.2. The van der Waals surface area contributed by atoms with E-state index < -0.39 is 0 Å². The van der Waals surface area contributed by atoms with Crippen LogP contribution in [0.3, 0.4) is 0 Å². The van der Waals surface area contributed by atoms with Crippen LogP contribution in [0.2, 0.25) is 15.1 Å². The average Bonchev–Trinajstić information content (AvgIpc) is 2.41. The molecule has 0 saturated carbocycles. The molecule has 2 aromatic rings. The van der Waals surface area contributed by atoms with Crippen molar-refractivity contribution in [2.75, 3.05) is 0 Å². The van der Waals surface area contributed by atoms with Gasteiger partial charge in [-0.2, -0.15) is 0 Å². The summed E-state index contributed by atoms with van der Waals surface area (Å²) in [6, 6.07) is 11.0. The molecule has 0 aromatic heterocycles. The molecule has 0 fully saturated rings. The van der Waals surface area contributed by atoms with Crippen molar-refractivity contribution in [2.45, 2.75) is 12.5 Å². The Kier molecular flexibility index (Phi) is 5.73. The molecule has 2 rings (SSSR count). The Morgan fingerprint density at radius 1 is 1.15 bits per heavy atom. The normalized spacial score (nSPS) is 12.4. The van der Waals surface area contributed by atoms with Crippen LogP contribution in [0.5, 0.6) is 0 Å². The highest BCUT2D eigenvalue weighted by Crippen LogP contribution is 2.32. The van der Waals surface area contributed by atoms with Crippen LogP contribution in [0.25, 0.3) is 0 Å².